The Morgan fingerprint density at radius 3 is 2.65 bits per heavy atom. The largest absolute Gasteiger partial charge is 0.271 e. The van der Waals surface area contributed by atoms with Crippen LogP contribution in [0, 0.1) is 6.92 Å². The molecule has 0 saturated heterocycles. The van der Waals surface area contributed by atoms with E-state index in [2.05, 4.69) is 15.6 Å². The number of rotatable bonds is 4. The molecule has 0 fully saturated rings. The van der Waals surface area contributed by atoms with Crippen molar-refractivity contribution < 1.29 is 0 Å². The van der Waals surface area contributed by atoms with Crippen LogP contribution < -0.4 is 11.3 Å². The Morgan fingerprint density at radius 2 is 2.00 bits per heavy atom. The Kier molecular flexibility index (Phi) is 4.94. The van der Waals surface area contributed by atoms with Crippen LogP contribution in [0.5, 0.6) is 0 Å². The van der Waals surface area contributed by atoms with E-state index in [1.165, 1.54) is 0 Å². The van der Waals surface area contributed by atoms with Crippen LogP contribution in [0.3, 0.4) is 0 Å². The molecule has 0 saturated carbocycles. The molecule has 1 heterocycles. The first-order chi connectivity index (χ1) is 9.58. The number of nitrogens with zero attached hydrogens (tertiary/aromatic N) is 2. The molecule has 0 aliphatic rings. The summed E-state index contributed by atoms with van der Waals surface area (Å²) < 4.78 is 0. The maximum absolute atomic E-state index is 6.29. The average molecular weight is 311 g/mol. The Morgan fingerprint density at radius 1 is 1.25 bits per heavy atom. The van der Waals surface area contributed by atoms with Crippen LogP contribution in [0.15, 0.2) is 24.3 Å². The van der Waals surface area contributed by atoms with E-state index in [-0.39, 0.29) is 6.04 Å². The Bertz CT molecular complexity index is 616. The molecule has 1 aromatic heterocycles. The fourth-order valence-corrected chi connectivity index (χ4v) is 2.57. The van der Waals surface area contributed by atoms with E-state index in [1.807, 2.05) is 32.0 Å². The molecule has 6 heteroatoms. The molecule has 2 aromatic rings. The number of nitrogens with two attached hydrogens (primary N) is 1. The molecule has 0 amide bonds. The van der Waals surface area contributed by atoms with Crippen LogP contribution >= 0.6 is 23.2 Å². The fraction of sp³-hybridized carbons (Fsp3) is 0.286. The van der Waals surface area contributed by atoms with E-state index in [0.717, 1.165) is 28.9 Å². The molecule has 4 nitrogen and oxygen atoms in total. The molecule has 3 N–H and O–H groups in total. The van der Waals surface area contributed by atoms with Gasteiger partial charge in [-0.1, -0.05) is 42.3 Å². The summed E-state index contributed by atoms with van der Waals surface area (Å²) in [6.45, 7) is 3.92. The second-order valence-corrected chi connectivity index (χ2v) is 5.27. The van der Waals surface area contributed by atoms with E-state index >= 15 is 0 Å². The molecule has 0 spiro atoms. The topological polar surface area (TPSA) is 63.8 Å². The van der Waals surface area contributed by atoms with E-state index in [0.29, 0.717) is 10.0 Å². The van der Waals surface area contributed by atoms with Crippen molar-refractivity contribution in [2.45, 2.75) is 26.3 Å². The summed E-state index contributed by atoms with van der Waals surface area (Å²) in [6, 6.07) is 7.19. The number of hydrogen-bond acceptors (Lipinski definition) is 4. The maximum atomic E-state index is 6.29. The van der Waals surface area contributed by atoms with Crippen molar-refractivity contribution in [2.24, 2.45) is 5.84 Å². The van der Waals surface area contributed by atoms with Crippen LogP contribution in [0.1, 0.15) is 35.5 Å². The third-order valence-electron chi connectivity index (χ3n) is 3.13. The fourth-order valence-electron chi connectivity index (χ4n) is 2.15. The van der Waals surface area contributed by atoms with Gasteiger partial charge in [-0.2, -0.15) is 10.2 Å². The second kappa shape index (κ2) is 6.50. The number of nitrogens with one attached hydrogen (secondary N) is 1. The van der Waals surface area contributed by atoms with Crippen molar-refractivity contribution in [1.29, 1.82) is 0 Å². The summed E-state index contributed by atoms with van der Waals surface area (Å²) >= 11 is 12.4. The van der Waals surface area contributed by atoms with Gasteiger partial charge in [-0.25, -0.2) is 5.43 Å². The van der Waals surface area contributed by atoms with Crippen LogP contribution in [-0.2, 0) is 6.42 Å². The number of aromatic nitrogens is 2. The van der Waals surface area contributed by atoms with Crippen molar-refractivity contribution in [3.8, 4) is 0 Å². The van der Waals surface area contributed by atoms with Gasteiger partial charge in [0.05, 0.1) is 27.5 Å². The molecule has 1 atom stereocenters. The normalized spacial score (nSPS) is 12.4. The third kappa shape index (κ3) is 2.94. The predicted molar refractivity (Wildman–Crippen MR) is 81.8 cm³/mol. The number of halogens is 2. The lowest BCUT2D eigenvalue weighted by molar-refractivity contribution is 0.622. The molecule has 0 aliphatic carbocycles. The first-order valence-corrected chi connectivity index (χ1v) is 7.07. The number of benzene rings is 1. The zero-order valence-electron chi connectivity index (χ0n) is 11.3. The van der Waals surface area contributed by atoms with Gasteiger partial charge in [0.25, 0.3) is 0 Å². The van der Waals surface area contributed by atoms with Gasteiger partial charge >= 0.3 is 0 Å². The van der Waals surface area contributed by atoms with Gasteiger partial charge in [0.1, 0.15) is 0 Å². The summed E-state index contributed by atoms with van der Waals surface area (Å²) in [6.07, 6.45) is 0.763. The van der Waals surface area contributed by atoms with Crippen LogP contribution in [0.4, 0.5) is 0 Å². The maximum Gasteiger partial charge on any atom is 0.0744 e. The summed E-state index contributed by atoms with van der Waals surface area (Å²) in [5.74, 6) is 5.73. The summed E-state index contributed by atoms with van der Waals surface area (Å²) in [5, 5.41) is 9.30. The second-order valence-electron chi connectivity index (χ2n) is 4.48. The lowest BCUT2D eigenvalue weighted by Crippen LogP contribution is -2.30. The molecule has 1 aromatic carbocycles. The van der Waals surface area contributed by atoms with Crippen LogP contribution in [0.2, 0.25) is 10.0 Å². The van der Waals surface area contributed by atoms with Gasteiger partial charge in [-0.15, -0.1) is 0 Å². The van der Waals surface area contributed by atoms with Gasteiger partial charge in [-0.3, -0.25) is 5.84 Å². The highest BCUT2D eigenvalue weighted by Gasteiger charge is 2.20. The molecule has 1 unspecified atom stereocenters. The minimum Gasteiger partial charge on any atom is -0.271 e. The third-order valence-corrected chi connectivity index (χ3v) is 3.96. The molecule has 2 rings (SSSR count). The summed E-state index contributed by atoms with van der Waals surface area (Å²) in [5.41, 5.74) is 6.29. The number of hydrogen-bond donors (Lipinski definition) is 2. The highest BCUT2D eigenvalue weighted by atomic mass is 35.5. The number of hydrazine groups is 1. The van der Waals surface area contributed by atoms with Crippen LogP contribution in [-0.4, -0.2) is 10.2 Å². The van der Waals surface area contributed by atoms with E-state index in [4.69, 9.17) is 29.0 Å². The van der Waals surface area contributed by atoms with Crippen molar-refractivity contribution in [2.75, 3.05) is 0 Å². The van der Waals surface area contributed by atoms with Gasteiger partial charge in [-0.05, 0) is 31.0 Å². The lowest BCUT2D eigenvalue weighted by Gasteiger charge is -2.20. The first-order valence-electron chi connectivity index (χ1n) is 6.31. The Balaban J connectivity index is 2.58. The quantitative estimate of drug-likeness (QED) is 0.672. The van der Waals surface area contributed by atoms with E-state index in [1.54, 1.807) is 6.07 Å². The molecule has 0 aliphatic heterocycles. The van der Waals surface area contributed by atoms with Crippen LogP contribution in [0.25, 0.3) is 0 Å². The average Bonchev–Trinajstić information content (AvgIpc) is 2.44. The zero-order chi connectivity index (χ0) is 14.7. The van der Waals surface area contributed by atoms with E-state index < -0.39 is 0 Å². The van der Waals surface area contributed by atoms with Crippen molar-refractivity contribution in [3.05, 3.63) is 56.8 Å². The SMILES string of the molecule is CCc1nnc(C)cc1C(NN)c1cccc(Cl)c1Cl. The molecule has 0 radical (unpaired) electrons. The van der Waals surface area contributed by atoms with Crippen molar-refractivity contribution in [1.82, 2.24) is 15.6 Å². The summed E-state index contributed by atoms with van der Waals surface area (Å²) in [4.78, 5) is 0. The van der Waals surface area contributed by atoms with Crippen molar-refractivity contribution in [3.63, 3.8) is 0 Å². The molecule has 0 bridgehead atoms. The predicted octanol–water partition coefficient (Wildman–Crippen LogP) is 3.21. The molecular formula is C14H16Cl2N4. The molecular weight excluding hydrogens is 295 g/mol. The van der Waals surface area contributed by atoms with E-state index in [9.17, 15) is 0 Å². The minimum atomic E-state index is -0.273. The highest BCUT2D eigenvalue weighted by molar-refractivity contribution is 6.42. The molecule has 106 valence electrons. The van der Waals surface area contributed by atoms with Gasteiger partial charge in [0.15, 0.2) is 0 Å². The first kappa shape index (κ1) is 15.2. The van der Waals surface area contributed by atoms with Gasteiger partial charge < -0.3 is 0 Å². The minimum absolute atomic E-state index is 0.273. The van der Waals surface area contributed by atoms with Crippen molar-refractivity contribution >= 4 is 23.2 Å². The lowest BCUT2D eigenvalue weighted by atomic mass is 9.97. The van der Waals surface area contributed by atoms with Gasteiger partial charge in [0.2, 0.25) is 0 Å². The zero-order valence-corrected chi connectivity index (χ0v) is 12.8. The number of aryl methyl sites for hydroxylation is 2. The highest BCUT2D eigenvalue weighted by Crippen LogP contribution is 2.33. The molecule has 20 heavy (non-hydrogen) atoms. The van der Waals surface area contributed by atoms with Gasteiger partial charge in [0, 0.05) is 5.56 Å². The smallest absolute Gasteiger partial charge is 0.0744 e. The Labute approximate surface area is 128 Å². The summed E-state index contributed by atoms with van der Waals surface area (Å²) in [7, 11) is 0. The Hall–Kier alpha value is -1.20. The monoisotopic (exact) mass is 310 g/mol. The standard InChI is InChI=1S/C14H16Cl2N4/c1-3-12-10(7-8(2)19-20-12)14(18-17)9-5-4-6-11(15)13(9)16/h4-7,14,18H,3,17H2,1-2H3.